The minimum Gasteiger partial charge on any atom is -0.486 e. The van der Waals surface area contributed by atoms with Crippen molar-refractivity contribution in [1.82, 2.24) is 0 Å². The van der Waals surface area contributed by atoms with Gasteiger partial charge >= 0.3 is 0 Å². The Labute approximate surface area is 129 Å². The molecule has 6 heteroatoms. The van der Waals surface area contributed by atoms with Crippen molar-refractivity contribution in [2.75, 3.05) is 17.9 Å². The smallest absolute Gasteiger partial charge is 0.261 e. The lowest BCUT2D eigenvalue weighted by atomic mass is 10.2. The fraction of sp³-hybridized carbons (Fsp3) is 0.250. The topological polar surface area (TPSA) is 64.6 Å². The summed E-state index contributed by atoms with van der Waals surface area (Å²) in [6, 6.07) is 10.2. The Morgan fingerprint density at radius 3 is 2.18 bits per heavy atom. The SMILES string of the molecule is Cc1ccc(S(=O)(=O)Nc2cc3c(cc2C)OCCO3)cc1. The highest BCUT2D eigenvalue weighted by atomic mass is 32.2. The standard InChI is InChI=1S/C16H17NO4S/c1-11-3-5-13(6-4-11)22(18,19)17-14-10-16-15(9-12(14)2)20-7-8-21-16/h3-6,9-10,17H,7-8H2,1-2H3. The van der Waals surface area contributed by atoms with E-state index in [9.17, 15) is 8.42 Å². The number of aryl methyl sites for hydroxylation is 2. The van der Waals surface area contributed by atoms with Crippen LogP contribution in [0.1, 0.15) is 11.1 Å². The summed E-state index contributed by atoms with van der Waals surface area (Å²) in [5, 5.41) is 0. The lowest BCUT2D eigenvalue weighted by molar-refractivity contribution is 0.171. The van der Waals surface area contributed by atoms with Gasteiger partial charge in [0, 0.05) is 6.07 Å². The molecular formula is C16H17NO4S. The van der Waals surface area contributed by atoms with E-state index < -0.39 is 10.0 Å². The highest BCUT2D eigenvalue weighted by Crippen LogP contribution is 2.36. The average Bonchev–Trinajstić information content (AvgIpc) is 2.48. The van der Waals surface area contributed by atoms with Crippen LogP contribution in [0, 0.1) is 13.8 Å². The van der Waals surface area contributed by atoms with E-state index in [1.165, 1.54) is 0 Å². The van der Waals surface area contributed by atoms with E-state index in [4.69, 9.17) is 9.47 Å². The Morgan fingerprint density at radius 2 is 1.55 bits per heavy atom. The van der Waals surface area contributed by atoms with Crippen LogP contribution < -0.4 is 14.2 Å². The Morgan fingerprint density at radius 1 is 0.955 bits per heavy atom. The van der Waals surface area contributed by atoms with Crippen molar-refractivity contribution in [2.24, 2.45) is 0 Å². The molecule has 0 bridgehead atoms. The predicted octanol–water partition coefficient (Wildman–Crippen LogP) is 2.88. The zero-order valence-electron chi connectivity index (χ0n) is 12.4. The first kappa shape index (κ1) is 14.7. The van der Waals surface area contributed by atoms with E-state index in [-0.39, 0.29) is 4.90 Å². The normalized spacial score (nSPS) is 13.7. The van der Waals surface area contributed by atoms with Gasteiger partial charge in [-0.3, -0.25) is 4.72 Å². The molecule has 2 aromatic carbocycles. The van der Waals surface area contributed by atoms with Crippen LogP contribution in [0.4, 0.5) is 5.69 Å². The molecule has 22 heavy (non-hydrogen) atoms. The van der Waals surface area contributed by atoms with Gasteiger partial charge in [-0.1, -0.05) is 17.7 Å². The zero-order valence-corrected chi connectivity index (χ0v) is 13.2. The molecule has 5 nitrogen and oxygen atoms in total. The largest absolute Gasteiger partial charge is 0.486 e. The Kier molecular flexibility index (Phi) is 3.70. The minimum absolute atomic E-state index is 0.229. The number of hydrogen-bond acceptors (Lipinski definition) is 4. The number of fused-ring (bicyclic) bond motifs is 1. The van der Waals surface area contributed by atoms with Crippen LogP contribution in [0.3, 0.4) is 0 Å². The van der Waals surface area contributed by atoms with E-state index in [2.05, 4.69) is 4.72 Å². The summed E-state index contributed by atoms with van der Waals surface area (Å²) >= 11 is 0. The highest BCUT2D eigenvalue weighted by molar-refractivity contribution is 7.92. The minimum atomic E-state index is -3.63. The highest BCUT2D eigenvalue weighted by Gasteiger charge is 2.19. The second-order valence-electron chi connectivity index (χ2n) is 5.23. The molecule has 0 saturated heterocycles. The van der Waals surface area contributed by atoms with E-state index >= 15 is 0 Å². The second kappa shape index (κ2) is 5.53. The van der Waals surface area contributed by atoms with Crippen molar-refractivity contribution >= 4 is 15.7 Å². The van der Waals surface area contributed by atoms with Crippen LogP contribution in [0.2, 0.25) is 0 Å². The molecule has 1 heterocycles. The van der Waals surface area contributed by atoms with Crippen molar-refractivity contribution in [3.05, 3.63) is 47.5 Å². The Hall–Kier alpha value is -2.21. The predicted molar refractivity (Wildman–Crippen MR) is 84.2 cm³/mol. The molecule has 1 N–H and O–H groups in total. The summed E-state index contributed by atoms with van der Waals surface area (Å²) in [6.07, 6.45) is 0. The molecule has 0 aliphatic carbocycles. The third-order valence-corrected chi connectivity index (χ3v) is 4.85. The van der Waals surface area contributed by atoms with Gasteiger partial charge in [-0.2, -0.15) is 0 Å². The van der Waals surface area contributed by atoms with E-state index in [0.29, 0.717) is 30.4 Å². The van der Waals surface area contributed by atoms with Crippen LogP contribution in [0.15, 0.2) is 41.3 Å². The van der Waals surface area contributed by atoms with Gasteiger partial charge in [0.05, 0.1) is 10.6 Å². The molecule has 1 aliphatic heterocycles. The number of nitrogens with one attached hydrogen (secondary N) is 1. The van der Waals surface area contributed by atoms with Crippen molar-refractivity contribution in [2.45, 2.75) is 18.7 Å². The fourth-order valence-corrected chi connectivity index (χ4v) is 3.34. The summed E-state index contributed by atoms with van der Waals surface area (Å²) in [5.74, 6) is 1.19. The third kappa shape index (κ3) is 2.87. The van der Waals surface area contributed by atoms with Gasteiger partial charge in [-0.25, -0.2) is 8.42 Å². The summed E-state index contributed by atoms with van der Waals surface area (Å²) in [5.41, 5.74) is 2.28. The molecule has 3 rings (SSSR count). The number of anilines is 1. The van der Waals surface area contributed by atoms with Gasteiger partial charge in [0.1, 0.15) is 13.2 Å². The van der Waals surface area contributed by atoms with E-state index in [1.54, 1.807) is 36.4 Å². The van der Waals surface area contributed by atoms with Crippen molar-refractivity contribution in [1.29, 1.82) is 0 Å². The molecule has 0 radical (unpaired) electrons. The monoisotopic (exact) mass is 319 g/mol. The molecule has 0 amide bonds. The molecule has 116 valence electrons. The van der Waals surface area contributed by atoms with E-state index in [1.807, 2.05) is 13.8 Å². The summed E-state index contributed by atoms with van der Waals surface area (Å²) in [7, 11) is -3.63. The van der Waals surface area contributed by atoms with Crippen LogP contribution in [0.5, 0.6) is 11.5 Å². The lowest BCUT2D eigenvalue weighted by Gasteiger charge is -2.20. The quantitative estimate of drug-likeness (QED) is 0.945. The first-order valence-electron chi connectivity index (χ1n) is 6.95. The van der Waals surface area contributed by atoms with Crippen molar-refractivity contribution < 1.29 is 17.9 Å². The lowest BCUT2D eigenvalue weighted by Crippen LogP contribution is -2.17. The molecule has 1 aliphatic rings. The summed E-state index contributed by atoms with van der Waals surface area (Å²) < 4.78 is 38.5. The molecule has 0 aromatic heterocycles. The molecule has 0 fully saturated rings. The zero-order chi connectivity index (χ0) is 15.7. The maximum absolute atomic E-state index is 12.5. The van der Waals surface area contributed by atoms with Crippen molar-refractivity contribution in [3.8, 4) is 11.5 Å². The number of rotatable bonds is 3. The average molecular weight is 319 g/mol. The molecule has 2 aromatic rings. The third-order valence-electron chi connectivity index (χ3n) is 3.46. The maximum atomic E-state index is 12.5. The molecule has 0 unspecified atom stereocenters. The summed E-state index contributed by atoms with van der Waals surface area (Å²) in [4.78, 5) is 0.229. The molecule has 0 saturated carbocycles. The number of ether oxygens (including phenoxy) is 2. The molecule has 0 spiro atoms. The van der Waals surface area contributed by atoms with E-state index in [0.717, 1.165) is 11.1 Å². The molecule has 0 atom stereocenters. The van der Waals surface area contributed by atoms with Crippen molar-refractivity contribution in [3.63, 3.8) is 0 Å². The number of sulfonamides is 1. The Bertz CT molecular complexity index is 798. The summed E-state index contributed by atoms with van der Waals surface area (Å²) in [6.45, 7) is 4.70. The number of hydrogen-bond donors (Lipinski definition) is 1. The van der Waals surface area contributed by atoms with Gasteiger partial charge < -0.3 is 9.47 Å². The van der Waals surface area contributed by atoms with Gasteiger partial charge in [0.15, 0.2) is 11.5 Å². The van der Waals surface area contributed by atoms with Gasteiger partial charge in [-0.05, 0) is 37.6 Å². The Balaban J connectivity index is 1.93. The number of benzene rings is 2. The first-order chi connectivity index (χ1) is 10.5. The van der Waals surface area contributed by atoms with Gasteiger partial charge in [-0.15, -0.1) is 0 Å². The first-order valence-corrected chi connectivity index (χ1v) is 8.44. The van der Waals surface area contributed by atoms with Gasteiger partial charge in [0.25, 0.3) is 10.0 Å². The van der Waals surface area contributed by atoms with Crippen LogP contribution >= 0.6 is 0 Å². The van der Waals surface area contributed by atoms with Gasteiger partial charge in [0.2, 0.25) is 0 Å². The van der Waals surface area contributed by atoms with Crippen LogP contribution in [-0.2, 0) is 10.0 Å². The maximum Gasteiger partial charge on any atom is 0.261 e. The van der Waals surface area contributed by atoms with Crippen LogP contribution in [0.25, 0.3) is 0 Å². The fourth-order valence-electron chi connectivity index (χ4n) is 2.22. The molecular weight excluding hydrogens is 302 g/mol. The van der Waals surface area contributed by atoms with Crippen LogP contribution in [-0.4, -0.2) is 21.6 Å². The second-order valence-corrected chi connectivity index (χ2v) is 6.91.